The van der Waals surface area contributed by atoms with Crippen LogP contribution in [-0.4, -0.2) is 23.4 Å². The van der Waals surface area contributed by atoms with Crippen molar-refractivity contribution in [1.82, 2.24) is 4.90 Å². The third-order valence-corrected chi connectivity index (χ3v) is 3.12. The van der Waals surface area contributed by atoms with E-state index < -0.39 is 11.7 Å². The van der Waals surface area contributed by atoms with E-state index in [9.17, 15) is 18.0 Å². The first kappa shape index (κ1) is 13.9. The molecule has 1 amide bonds. The Morgan fingerprint density at radius 1 is 1.26 bits per heavy atom. The molecule has 0 radical (unpaired) electrons. The van der Waals surface area contributed by atoms with Crippen LogP contribution in [0.2, 0.25) is 0 Å². The summed E-state index contributed by atoms with van der Waals surface area (Å²) in [6.45, 7) is 0.246. The first-order valence-corrected chi connectivity index (χ1v) is 6.07. The van der Waals surface area contributed by atoms with Crippen molar-refractivity contribution in [3.8, 4) is 0 Å². The maximum atomic E-state index is 12.4. The van der Waals surface area contributed by atoms with Crippen LogP contribution in [0.4, 0.5) is 13.2 Å². The molecule has 1 aliphatic rings. The van der Waals surface area contributed by atoms with Gasteiger partial charge < -0.3 is 10.6 Å². The van der Waals surface area contributed by atoms with Gasteiger partial charge in [-0.1, -0.05) is 12.1 Å². The lowest BCUT2D eigenvalue weighted by Gasteiger charge is -2.22. The van der Waals surface area contributed by atoms with Crippen LogP contribution in [0.5, 0.6) is 0 Å². The molecule has 3 nitrogen and oxygen atoms in total. The minimum Gasteiger partial charge on any atom is -0.334 e. The Labute approximate surface area is 109 Å². The molecule has 2 rings (SSSR count). The Kier molecular flexibility index (Phi) is 3.80. The van der Waals surface area contributed by atoms with E-state index in [2.05, 4.69) is 0 Å². The molecule has 1 aliphatic carbocycles. The van der Waals surface area contributed by atoms with Gasteiger partial charge >= 0.3 is 6.18 Å². The molecule has 2 N–H and O–H groups in total. The Morgan fingerprint density at radius 2 is 1.84 bits per heavy atom. The van der Waals surface area contributed by atoms with Gasteiger partial charge in [0.15, 0.2) is 0 Å². The summed E-state index contributed by atoms with van der Waals surface area (Å²) >= 11 is 0. The predicted molar refractivity (Wildman–Crippen MR) is 64.1 cm³/mol. The van der Waals surface area contributed by atoms with Gasteiger partial charge in [0.05, 0.1) is 12.1 Å². The van der Waals surface area contributed by atoms with E-state index in [0.717, 1.165) is 25.0 Å². The van der Waals surface area contributed by atoms with Crippen LogP contribution >= 0.6 is 0 Å². The largest absolute Gasteiger partial charge is 0.416 e. The summed E-state index contributed by atoms with van der Waals surface area (Å²) in [6.07, 6.45) is -2.46. The number of amides is 1. The van der Waals surface area contributed by atoms with Crippen LogP contribution < -0.4 is 5.73 Å². The standard InChI is InChI=1S/C13H15F3N2O/c14-13(15,16)10-3-1-9(2-4-10)8-18(11-5-6-11)12(19)7-17/h1-4,11H,5-8,17H2. The highest BCUT2D eigenvalue weighted by Gasteiger charge is 2.32. The number of alkyl halides is 3. The monoisotopic (exact) mass is 272 g/mol. The van der Waals surface area contributed by atoms with Crippen molar-refractivity contribution in [2.75, 3.05) is 6.54 Å². The topological polar surface area (TPSA) is 46.3 Å². The average Bonchev–Trinajstić information content (AvgIpc) is 3.19. The van der Waals surface area contributed by atoms with Crippen LogP contribution in [-0.2, 0) is 17.5 Å². The fraction of sp³-hybridized carbons (Fsp3) is 0.462. The molecule has 1 fully saturated rings. The van der Waals surface area contributed by atoms with Gasteiger partial charge in [0, 0.05) is 12.6 Å². The first-order valence-electron chi connectivity index (χ1n) is 6.07. The summed E-state index contributed by atoms with van der Waals surface area (Å²) in [4.78, 5) is 13.3. The molecule has 0 aliphatic heterocycles. The number of carbonyl (C=O) groups excluding carboxylic acids is 1. The van der Waals surface area contributed by atoms with Crippen molar-refractivity contribution in [2.45, 2.75) is 31.6 Å². The van der Waals surface area contributed by atoms with E-state index in [1.54, 1.807) is 4.90 Å². The minimum absolute atomic E-state index is 0.0723. The van der Waals surface area contributed by atoms with Crippen LogP contribution in [0.25, 0.3) is 0 Å². The molecule has 0 spiro atoms. The van der Waals surface area contributed by atoms with Gasteiger partial charge in [-0.05, 0) is 30.5 Å². The summed E-state index contributed by atoms with van der Waals surface area (Å²) < 4.78 is 37.3. The van der Waals surface area contributed by atoms with Crippen LogP contribution in [0.3, 0.4) is 0 Å². The van der Waals surface area contributed by atoms with Crippen molar-refractivity contribution in [3.05, 3.63) is 35.4 Å². The van der Waals surface area contributed by atoms with Crippen LogP contribution in [0.15, 0.2) is 24.3 Å². The quantitative estimate of drug-likeness (QED) is 0.913. The Balaban J connectivity index is 2.07. The molecule has 6 heteroatoms. The Hall–Kier alpha value is -1.56. The minimum atomic E-state index is -4.33. The molecule has 1 saturated carbocycles. The van der Waals surface area contributed by atoms with E-state index >= 15 is 0 Å². The number of carbonyl (C=O) groups is 1. The molecule has 104 valence electrons. The molecular formula is C13H15F3N2O. The number of hydrogen-bond acceptors (Lipinski definition) is 2. The van der Waals surface area contributed by atoms with E-state index in [1.165, 1.54) is 12.1 Å². The number of hydrogen-bond donors (Lipinski definition) is 1. The maximum Gasteiger partial charge on any atom is 0.416 e. The summed E-state index contributed by atoms with van der Waals surface area (Å²) in [5.41, 5.74) is 5.33. The first-order chi connectivity index (χ1) is 8.91. The van der Waals surface area contributed by atoms with Gasteiger partial charge in [-0.15, -0.1) is 0 Å². The number of nitrogens with zero attached hydrogens (tertiary/aromatic N) is 1. The van der Waals surface area contributed by atoms with Gasteiger partial charge in [-0.2, -0.15) is 13.2 Å². The SMILES string of the molecule is NCC(=O)N(Cc1ccc(C(F)(F)F)cc1)C1CC1. The van der Waals surface area contributed by atoms with Gasteiger partial charge in [0.2, 0.25) is 5.91 Å². The highest BCUT2D eigenvalue weighted by Crippen LogP contribution is 2.31. The maximum absolute atomic E-state index is 12.4. The van der Waals surface area contributed by atoms with Crippen molar-refractivity contribution >= 4 is 5.91 Å². The summed E-state index contributed by atoms with van der Waals surface area (Å²) in [6, 6.07) is 5.07. The molecule has 1 aromatic rings. The van der Waals surface area contributed by atoms with Crippen molar-refractivity contribution in [3.63, 3.8) is 0 Å². The molecular weight excluding hydrogens is 257 g/mol. The van der Waals surface area contributed by atoms with E-state index in [-0.39, 0.29) is 18.5 Å². The zero-order chi connectivity index (χ0) is 14.0. The molecule has 0 atom stereocenters. The van der Waals surface area contributed by atoms with Crippen molar-refractivity contribution in [1.29, 1.82) is 0 Å². The van der Waals surface area contributed by atoms with Crippen LogP contribution in [0.1, 0.15) is 24.0 Å². The van der Waals surface area contributed by atoms with Gasteiger partial charge in [-0.3, -0.25) is 4.79 Å². The summed E-state index contributed by atoms with van der Waals surface area (Å²) in [7, 11) is 0. The smallest absolute Gasteiger partial charge is 0.334 e. The second-order valence-corrected chi connectivity index (χ2v) is 4.65. The number of nitrogens with two attached hydrogens (primary N) is 1. The number of benzene rings is 1. The molecule has 0 bridgehead atoms. The fourth-order valence-corrected chi connectivity index (χ4v) is 1.92. The molecule has 0 heterocycles. The number of halogens is 3. The fourth-order valence-electron chi connectivity index (χ4n) is 1.92. The zero-order valence-electron chi connectivity index (χ0n) is 10.3. The normalized spacial score (nSPS) is 15.4. The zero-order valence-corrected chi connectivity index (χ0v) is 10.3. The number of rotatable bonds is 4. The third-order valence-electron chi connectivity index (χ3n) is 3.12. The third kappa shape index (κ3) is 3.47. The second-order valence-electron chi connectivity index (χ2n) is 4.65. The van der Waals surface area contributed by atoms with E-state index in [4.69, 9.17) is 5.73 Å². The van der Waals surface area contributed by atoms with Crippen molar-refractivity contribution in [2.24, 2.45) is 5.73 Å². The van der Waals surface area contributed by atoms with Gasteiger partial charge in [0.25, 0.3) is 0 Å². The molecule has 0 aromatic heterocycles. The van der Waals surface area contributed by atoms with Crippen molar-refractivity contribution < 1.29 is 18.0 Å². The average molecular weight is 272 g/mol. The predicted octanol–water partition coefficient (Wildman–Crippen LogP) is 2.16. The molecule has 0 unspecified atom stereocenters. The highest BCUT2D eigenvalue weighted by molar-refractivity contribution is 5.78. The lowest BCUT2D eigenvalue weighted by Crippen LogP contribution is -2.37. The van der Waals surface area contributed by atoms with Gasteiger partial charge in [-0.25, -0.2) is 0 Å². The second kappa shape index (κ2) is 5.21. The van der Waals surface area contributed by atoms with Gasteiger partial charge in [0.1, 0.15) is 0 Å². The molecule has 19 heavy (non-hydrogen) atoms. The Bertz CT molecular complexity index is 452. The molecule has 1 aromatic carbocycles. The lowest BCUT2D eigenvalue weighted by atomic mass is 10.1. The highest BCUT2D eigenvalue weighted by atomic mass is 19.4. The lowest BCUT2D eigenvalue weighted by molar-refractivity contribution is -0.137. The van der Waals surface area contributed by atoms with Crippen LogP contribution in [0, 0.1) is 0 Å². The molecule has 0 saturated heterocycles. The van der Waals surface area contributed by atoms with E-state index in [1.807, 2.05) is 0 Å². The summed E-state index contributed by atoms with van der Waals surface area (Å²) in [5.74, 6) is -0.164. The van der Waals surface area contributed by atoms with E-state index in [0.29, 0.717) is 12.1 Å². The Morgan fingerprint density at radius 3 is 2.26 bits per heavy atom. The summed E-state index contributed by atoms with van der Waals surface area (Å²) in [5, 5.41) is 0.